The van der Waals surface area contributed by atoms with Gasteiger partial charge in [-0.05, 0) is 37.1 Å². The SMILES string of the molecule is NC(=O)c1cc(F)c(NC2CCCCC2N)nc1Nc1ccc2nn(CCN3CCOCC3)cc2c1. The molecule has 0 bridgehead atoms. The van der Waals surface area contributed by atoms with Crippen LogP contribution in [0, 0.1) is 5.82 Å². The summed E-state index contributed by atoms with van der Waals surface area (Å²) in [6, 6.07) is 6.64. The summed E-state index contributed by atoms with van der Waals surface area (Å²) in [5.74, 6) is -1.15. The van der Waals surface area contributed by atoms with Crippen molar-refractivity contribution in [1.82, 2.24) is 19.7 Å². The summed E-state index contributed by atoms with van der Waals surface area (Å²) in [5, 5.41) is 11.9. The van der Waals surface area contributed by atoms with Gasteiger partial charge in [0.05, 0.1) is 30.8 Å². The molecule has 2 atom stereocenters. The van der Waals surface area contributed by atoms with Crippen molar-refractivity contribution >= 4 is 34.1 Å². The molecular weight excluding hydrogens is 463 g/mol. The molecule has 2 aromatic heterocycles. The number of nitrogens with zero attached hydrogens (tertiary/aromatic N) is 4. The number of carbonyl (C=O) groups excluding carboxylic acids is 1. The summed E-state index contributed by atoms with van der Waals surface area (Å²) < 4.78 is 22.1. The number of rotatable bonds is 8. The van der Waals surface area contributed by atoms with Crippen molar-refractivity contribution in [3.8, 4) is 0 Å². The van der Waals surface area contributed by atoms with Crippen molar-refractivity contribution < 1.29 is 13.9 Å². The predicted molar refractivity (Wildman–Crippen MR) is 137 cm³/mol. The van der Waals surface area contributed by atoms with Gasteiger partial charge in [0, 0.05) is 49.0 Å². The summed E-state index contributed by atoms with van der Waals surface area (Å²) in [7, 11) is 0. The fourth-order valence-electron chi connectivity index (χ4n) is 4.86. The molecule has 6 N–H and O–H groups in total. The molecule has 2 aliphatic rings. The Bertz CT molecular complexity index is 1230. The number of pyridine rings is 1. The molecule has 2 fully saturated rings. The van der Waals surface area contributed by atoms with Crippen LogP contribution in [0.5, 0.6) is 0 Å². The minimum Gasteiger partial charge on any atom is -0.379 e. The van der Waals surface area contributed by atoms with Gasteiger partial charge in [0.2, 0.25) is 0 Å². The van der Waals surface area contributed by atoms with Gasteiger partial charge in [0.25, 0.3) is 5.91 Å². The fraction of sp³-hybridized carbons (Fsp3) is 0.480. The summed E-state index contributed by atoms with van der Waals surface area (Å²) in [5.41, 5.74) is 13.3. The summed E-state index contributed by atoms with van der Waals surface area (Å²) in [6.07, 6.45) is 5.80. The topological polar surface area (TPSA) is 136 Å². The van der Waals surface area contributed by atoms with E-state index in [1.165, 1.54) is 0 Å². The number of benzene rings is 1. The number of halogens is 1. The van der Waals surface area contributed by atoms with Crippen molar-refractivity contribution in [2.75, 3.05) is 43.5 Å². The molecular formula is C25H33FN8O2. The number of amides is 1. The van der Waals surface area contributed by atoms with E-state index in [0.717, 1.165) is 82.0 Å². The van der Waals surface area contributed by atoms with Crippen LogP contribution in [0.3, 0.4) is 0 Å². The van der Waals surface area contributed by atoms with E-state index in [1.807, 2.05) is 29.1 Å². The van der Waals surface area contributed by atoms with Gasteiger partial charge < -0.3 is 26.8 Å². The summed E-state index contributed by atoms with van der Waals surface area (Å²) in [6.45, 7) is 5.10. The van der Waals surface area contributed by atoms with Crippen molar-refractivity contribution in [1.29, 1.82) is 0 Å². The molecule has 0 radical (unpaired) electrons. The minimum absolute atomic E-state index is 0.0210. The Morgan fingerprint density at radius 3 is 2.72 bits per heavy atom. The van der Waals surface area contributed by atoms with Crippen LogP contribution in [0.1, 0.15) is 36.0 Å². The normalized spacial score (nSPS) is 20.9. The third kappa shape index (κ3) is 5.58. The van der Waals surface area contributed by atoms with Crippen LogP contribution in [-0.2, 0) is 11.3 Å². The van der Waals surface area contributed by atoms with Crippen molar-refractivity contribution in [2.24, 2.45) is 11.5 Å². The third-order valence-corrected chi connectivity index (χ3v) is 6.95. The van der Waals surface area contributed by atoms with Gasteiger partial charge in [-0.3, -0.25) is 14.4 Å². The number of anilines is 3. The summed E-state index contributed by atoms with van der Waals surface area (Å²) >= 11 is 0. The first-order chi connectivity index (χ1) is 17.5. The lowest BCUT2D eigenvalue weighted by molar-refractivity contribution is 0.0360. The highest BCUT2D eigenvalue weighted by atomic mass is 19.1. The van der Waals surface area contributed by atoms with Crippen molar-refractivity contribution in [2.45, 2.75) is 44.3 Å². The van der Waals surface area contributed by atoms with E-state index in [4.69, 9.17) is 16.2 Å². The zero-order valence-corrected chi connectivity index (χ0v) is 20.3. The monoisotopic (exact) mass is 496 g/mol. The second kappa shape index (κ2) is 10.8. The van der Waals surface area contributed by atoms with Gasteiger partial charge in [0.1, 0.15) is 5.82 Å². The van der Waals surface area contributed by atoms with Crippen LogP contribution in [0.25, 0.3) is 10.9 Å². The molecule has 1 aromatic carbocycles. The number of fused-ring (bicyclic) bond motifs is 1. The van der Waals surface area contributed by atoms with Gasteiger partial charge in [0.15, 0.2) is 11.6 Å². The molecule has 192 valence electrons. The third-order valence-electron chi connectivity index (χ3n) is 6.95. The molecule has 5 rings (SSSR count). The molecule has 10 nitrogen and oxygen atoms in total. The lowest BCUT2D eigenvalue weighted by atomic mass is 9.91. The van der Waals surface area contributed by atoms with Crippen molar-refractivity contribution in [3.63, 3.8) is 0 Å². The largest absolute Gasteiger partial charge is 0.379 e. The molecule has 1 saturated heterocycles. The lowest BCUT2D eigenvalue weighted by Gasteiger charge is -2.30. The Morgan fingerprint density at radius 2 is 1.94 bits per heavy atom. The highest BCUT2D eigenvalue weighted by Crippen LogP contribution is 2.28. The molecule has 11 heteroatoms. The lowest BCUT2D eigenvalue weighted by Crippen LogP contribution is -2.43. The van der Waals surface area contributed by atoms with Gasteiger partial charge in [-0.2, -0.15) is 5.10 Å². The first kappa shape index (κ1) is 24.4. The number of ether oxygens (including phenoxy) is 1. The van der Waals surface area contributed by atoms with Crippen LogP contribution in [0.4, 0.5) is 21.7 Å². The Kier molecular flexibility index (Phi) is 7.30. The second-order valence-electron chi connectivity index (χ2n) is 9.52. The maximum Gasteiger partial charge on any atom is 0.252 e. The number of nitrogens with two attached hydrogens (primary N) is 2. The van der Waals surface area contributed by atoms with E-state index in [0.29, 0.717) is 5.69 Å². The fourth-order valence-corrected chi connectivity index (χ4v) is 4.86. The molecule has 1 amide bonds. The zero-order chi connectivity index (χ0) is 25.1. The highest BCUT2D eigenvalue weighted by molar-refractivity contribution is 5.99. The van der Waals surface area contributed by atoms with E-state index < -0.39 is 11.7 Å². The van der Waals surface area contributed by atoms with E-state index in [-0.39, 0.29) is 29.3 Å². The molecule has 1 saturated carbocycles. The van der Waals surface area contributed by atoms with Crippen LogP contribution in [0.2, 0.25) is 0 Å². The number of hydrogen-bond donors (Lipinski definition) is 4. The van der Waals surface area contributed by atoms with Crippen molar-refractivity contribution in [3.05, 3.63) is 41.8 Å². The number of nitrogens with one attached hydrogen (secondary N) is 2. The molecule has 3 heterocycles. The first-order valence-electron chi connectivity index (χ1n) is 12.5. The van der Waals surface area contributed by atoms with E-state index in [2.05, 4.69) is 25.6 Å². The Balaban J connectivity index is 1.34. The maximum atomic E-state index is 14.8. The molecule has 0 spiro atoms. The minimum atomic E-state index is -0.762. The van der Waals surface area contributed by atoms with E-state index in [1.54, 1.807) is 0 Å². The first-order valence-corrected chi connectivity index (χ1v) is 12.5. The van der Waals surface area contributed by atoms with Gasteiger partial charge >= 0.3 is 0 Å². The maximum absolute atomic E-state index is 14.8. The van der Waals surface area contributed by atoms with Crippen LogP contribution < -0.4 is 22.1 Å². The van der Waals surface area contributed by atoms with Gasteiger partial charge in [-0.15, -0.1) is 0 Å². The predicted octanol–water partition coefficient (Wildman–Crippen LogP) is 2.43. The zero-order valence-electron chi connectivity index (χ0n) is 20.3. The molecule has 2 unspecified atom stereocenters. The van der Waals surface area contributed by atoms with E-state index >= 15 is 0 Å². The Labute approximate surface area is 209 Å². The molecule has 1 aliphatic heterocycles. The van der Waals surface area contributed by atoms with Gasteiger partial charge in [-0.25, -0.2) is 9.37 Å². The number of morpholine rings is 1. The van der Waals surface area contributed by atoms with Gasteiger partial charge in [-0.1, -0.05) is 12.8 Å². The number of carbonyl (C=O) groups is 1. The Hall–Kier alpha value is -3.28. The summed E-state index contributed by atoms with van der Waals surface area (Å²) in [4.78, 5) is 18.8. The average Bonchev–Trinajstić information content (AvgIpc) is 3.28. The number of hydrogen-bond acceptors (Lipinski definition) is 8. The molecule has 36 heavy (non-hydrogen) atoms. The van der Waals surface area contributed by atoms with Crippen LogP contribution in [-0.4, -0.2) is 70.5 Å². The average molecular weight is 497 g/mol. The number of aromatic nitrogens is 3. The highest BCUT2D eigenvalue weighted by Gasteiger charge is 2.24. The number of primary amides is 1. The molecule has 3 aromatic rings. The standard InChI is InChI=1S/C25H33FN8O2/c26-19-14-18(23(28)35)24(31-25(19)30-22-4-2-1-3-20(22)27)29-17-5-6-21-16(13-17)15-34(32-21)8-7-33-9-11-36-12-10-33/h5-6,13-15,20,22H,1-4,7-12,27H2,(H2,28,35)(H2,29,30,31). The van der Waals surface area contributed by atoms with Crippen LogP contribution >= 0.6 is 0 Å². The van der Waals surface area contributed by atoms with Crippen LogP contribution in [0.15, 0.2) is 30.5 Å². The molecule has 1 aliphatic carbocycles. The second-order valence-corrected chi connectivity index (χ2v) is 9.52. The Morgan fingerprint density at radius 1 is 1.14 bits per heavy atom. The smallest absolute Gasteiger partial charge is 0.252 e. The quantitative estimate of drug-likeness (QED) is 0.373. The van der Waals surface area contributed by atoms with E-state index in [9.17, 15) is 9.18 Å².